The second-order valence-corrected chi connectivity index (χ2v) is 7.14. The number of hydrogen-bond donors (Lipinski definition) is 2. The van der Waals surface area contributed by atoms with Crippen LogP contribution < -0.4 is 10.6 Å². The van der Waals surface area contributed by atoms with Gasteiger partial charge in [0.1, 0.15) is 0 Å². The fourth-order valence-electron chi connectivity index (χ4n) is 2.17. The molecular formula is C18H19ClN2O4S. The Kier molecular flexibility index (Phi) is 7.29. The molecule has 0 aliphatic heterocycles. The molecule has 2 rings (SSSR count). The van der Waals surface area contributed by atoms with Crippen molar-refractivity contribution in [3.63, 3.8) is 0 Å². The molecule has 0 radical (unpaired) electrons. The van der Waals surface area contributed by atoms with Gasteiger partial charge in [-0.25, -0.2) is 4.79 Å². The lowest BCUT2D eigenvalue weighted by atomic mass is 10.1. The number of hydrogen-bond acceptors (Lipinski definition) is 5. The number of urea groups is 1. The van der Waals surface area contributed by atoms with Crippen LogP contribution in [0.1, 0.15) is 13.8 Å². The zero-order valence-corrected chi connectivity index (χ0v) is 15.9. The first kappa shape index (κ1) is 20.1. The molecule has 0 spiro atoms. The van der Waals surface area contributed by atoms with E-state index in [-0.39, 0.29) is 11.8 Å². The minimum absolute atomic E-state index is 0.0236. The number of amides is 3. The van der Waals surface area contributed by atoms with Gasteiger partial charge in [0, 0.05) is 21.3 Å². The molecular weight excluding hydrogens is 376 g/mol. The zero-order chi connectivity index (χ0) is 19.1. The van der Waals surface area contributed by atoms with Crippen molar-refractivity contribution < 1.29 is 19.1 Å². The van der Waals surface area contributed by atoms with Crippen LogP contribution in [0.5, 0.6) is 0 Å². The standard InChI is InChI=1S/C18H19ClN2O4S/c1-11(2)20-18(24)21-15(22)9-25-16(23)10-26-14-8-4-6-12-5-3-7-13(19)17(12)14/h3-8,11H,9-10H2,1-2H3,(H2,20,21,22,24). The van der Waals surface area contributed by atoms with Gasteiger partial charge in [-0.15, -0.1) is 11.8 Å². The van der Waals surface area contributed by atoms with Crippen molar-refractivity contribution in [3.05, 3.63) is 41.4 Å². The van der Waals surface area contributed by atoms with Gasteiger partial charge >= 0.3 is 12.0 Å². The second-order valence-electron chi connectivity index (χ2n) is 5.72. The topological polar surface area (TPSA) is 84.5 Å². The molecule has 8 heteroatoms. The number of imide groups is 1. The smallest absolute Gasteiger partial charge is 0.321 e. The normalized spacial score (nSPS) is 10.6. The molecule has 0 atom stereocenters. The van der Waals surface area contributed by atoms with E-state index in [9.17, 15) is 14.4 Å². The summed E-state index contributed by atoms with van der Waals surface area (Å²) in [6.45, 7) is 3.02. The van der Waals surface area contributed by atoms with Crippen LogP contribution in [0.2, 0.25) is 5.02 Å². The number of thioether (sulfide) groups is 1. The van der Waals surface area contributed by atoms with Crippen LogP contribution in [-0.2, 0) is 14.3 Å². The Morgan fingerprint density at radius 3 is 2.54 bits per heavy atom. The highest BCUT2D eigenvalue weighted by molar-refractivity contribution is 8.00. The third-order valence-corrected chi connectivity index (χ3v) is 4.54. The van der Waals surface area contributed by atoms with E-state index in [0.29, 0.717) is 5.02 Å². The lowest BCUT2D eigenvalue weighted by molar-refractivity contribution is -0.145. The van der Waals surface area contributed by atoms with Crippen LogP contribution in [0.4, 0.5) is 4.79 Å². The molecule has 0 aliphatic rings. The van der Waals surface area contributed by atoms with Gasteiger partial charge in [0.2, 0.25) is 0 Å². The number of esters is 1. The van der Waals surface area contributed by atoms with Gasteiger partial charge in [-0.05, 0) is 31.4 Å². The molecule has 0 saturated carbocycles. The van der Waals surface area contributed by atoms with Gasteiger partial charge in [0.05, 0.1) is 5.75 Å². The molecule has 0 bridgehead atoms. The summed E-state index contributed by atoms with van der Waals surface area (Å²) in [7, 11) is 0. The van der Waals surface area contributed by atoms with Crippen molar-refractivity contribution in [2.24, 2.45) is 0 Å². The number of fused-ring (bicyclic) bond motifs is 1. The highest BCUT2D eigenvalue weighted by Gasteiger charge is 2.13. The Morgan fingerprint density at radius 2 is 1.85 bits per heavy atom. The molecule has 3 amide bonds. The molecule has 0 heterocycles. The second kappa shape index (κ2) is 9.45. The van der Waals surface area contributed by atoms with E-state index in [1.54, 1.807) is 19.9 Å². The summed E-state index contributed by atoms with van der Waals surface area (Å²) in [4.78, 5) is 35.6. The van der Waals surface area contributed by atoms with Crippen LogP contribution in [0.25, 0.3) is 10.8 Å². The van der Waals surface area contributed by atoms with Crippen LogP contribution in [-0.4, -0.2) is 36.3 Å². The summed E-state index contributed by atoms with van der Waals surface area (Å²) in [5, 5.41) is 7.04. The summed E-state index contributed by atoms with van der Waals surface area (Å²) in [5.41, 5.74) is 0. The van der Waals surface area contributed by atoms with Crippen LogP contribution in [0.15, 0.2) is 41.3 Å². The minimum Gasteiger partial charge on any atom is -0.455 e. The Hall–Kier alpha value is -2.25. The number of halogens is 1. The molecule has 2 N–H and O–H groups in total. The molecule has 2 aromatic rings. The zero-order valence-electron chi connectivity index (χ0n) is 14.4. The van der Waals surface area contributed by atoms with E-state index in [2.05, 4.69) is 10.6 Å². The van der Waals surface area contributed by atoms with Crippen molar-refractivity contribution in [2.75, 3.05) is 12.4 Å². The highest BCUT2D eigenvalue weighted by Crippen LogP contribution is 2.33. The third kappa shape index (κ3) is 5.93. The SMILES string of the molecule is CC(C)NC(=O)NC(=O)COC(=O)CSc1cccc2cccc(Cl)c12. The number of nitrogens with one attached hydrogen (secondary N) is 2. The van der Waals surface area contributed by atoms with Crippen molar-refractivity contribution in [1.29, 1.82) is 0 Å². The number of ether oxygens (including phenoxy) is 1. The Morgan fingerprint density at radius 1 is 1.15 bits per heavy atom. The van der Waals surface area contributed by atoms with E-state index in [4.69, 9.17) is 16.3 Å². The van der Waals surface area contributed by atoms with Gasteiger partial charge in [-0.1, -0.05) is 35.9 Å². The average molecular weight is 395 g/mol. The molecule has 0 unspecified atom stereocenters. The molecule has 26 heavy (non-hydrogen) atoms. The molecule has 6 nitrogen and oxygen atoms in total. The van der Waals surface area contributed by atoms with Crippen molar-refractivity contribution >= 4 is 52.0 Å². The molecule has 0 aromatic heterocycles. The Bertz CT molecular complexity index is 821. The molecule has 0 saturated heterocycles. The van der Waals surface area contributed by atoms with Gasteiger partial charge in [0.25, 0.3) is 5.91 Å². The van der Waals surface area contributed by atoms with Crippen LogP contribution in [0.3, 0.4) is 0 Å². The predicted molar refractivity (Wildman–Crippen MR) is 102 cm³/mol. The minimum atomic E-state index is -0.685. The predicted octanol–water partition coefficient (Wildman–Crippen LogP) is 3.36. The van der Waals surface area contributed by atoms with Gasteiger partial charge in [0.15, 0.2) is 6.61 Å². The monoisotopic (exact) mass is 394 g/mol. The fourth-order valence-corrected chi connectivity index (χ4v) is 3.41. The first-order valence-electron chi connectivity index (χ1n) is 7.93. The Labute approximate surface area is 160 Å². The molecule has 0 fully saturated rings. The van der Waals surface area contributed by atoms with Gasteiger partial charge in [-0.2, -0.15) is 0 Å². The maximum Gasteiger partial charge on any atom is 0.321 e. The molecule has 138 valence electrons. The highest BCUT2D eigenvalue weighted by atomic mass is 35.5. The summed E-state index contributed by atoms with van der Waals surface area (Å²) < 4.78 is 4.89. The lowest BCUT2D eigenvalue weighted by Crippen LogP contribution is -2.44. The number of rotatable bonds is 6. The van der Waals surface area contributed by atoms with E-state index < -0.39 is 24.5 Å². The number of carbonyl (C=O) groups is 3. The first-order valence-corrected chi connectivity index (χ1v) is 9.29. The number of benzene rings is 2. The van der Waals surface area contributed by atoms with Gasteiger partial charge < -0.3 is 10.1 Å². The third-order valence-electron chi connectivity index (χ3n) is 3.20. The fraction of sp³-hybridized carbons (Fsp3) is 0.278. The quantitative estimate of drug-likeness (QED) is 0.579. The van der Waals surface area contributed by atoms with Crippen molar-refractivity contribution in [1.82, 2.24) is 10.6 Å². The number of carbonyl (C=O) groups excluding carboxylic acids is 3. The average Bonchev–Trinajstić information content (AvgIpc) is 2.57. The van der Waals surface area contributed by atoms with E-state index in [1.165, 1.54) is 11.8 Å². The van der Waals surface area contributed by atoms with Crippen LogP contribution in [0, 0.1) is 0 Å². The summed E-state index contributed by atoms with van der Waals surface area (Å²) >= 11 is 7.52. The first-order chi connectivity index (χ1) is 12.4. The van der Waals surface area contributed by atoms with Crippen molar-refractivity contribution in [2.45, 2.75) is 24.8 Å². The maximum atomic E-state index is 11.8. The summed E-state index contributed by atoms with van der Waals surface area (Å²) in [6.07, 6.45) is 0. The van der Waals surface area contributed by atoms with E-state index in [0.717, 1.165) is 15.7 Å². The van der Waals surface area contributed by atoms with Crippen LogP contribution >= 0.6 is 23.4 Å². The van der Waals surface area contributed by atoms with Crippen molar-refractivity contribution in [3.8, 4) is 0 Å². The summed E-state index contributed by atoms with van der Waals surface area (Å²) in [5.74, 6) is -1.22. The largest absolute Gasteiger partial charge is 0.455 e. The Balaban J connectivity index is 1.84. The van der Waals surface area contributed by atoms with E-state index in [1.807, 2.05) is 30.3 Å². The lowest BCUT2D eigenvalue weighted by Gasteiger charge is -2.10. The molecule has 0 aliphatic carbocycles. The maximum absolute atomic E-state index is 11.8. The van der Waals surface area contributed by atoms with Gasteiger partial charge in [-0.3, -0.25) is 14.9 Å². The molecule has 2 aromatic carbocycles. The van der Waals surface area contributed by atoms with E-state index >= 15 is 0 Å². The summed E-state index contributed by atoms with van der Waals surface area (Å²) in [6, 6.07) is 10.6.